The van der Waals surface area contributed by atoms with E-state index in [-0.39, 0.29) is 5.91 Å². The van der Waals surface area contributed by atoms with Gasteiger partial charge in [0.1, 0.15) is 0 Å². The van der Waals surface area contributed by atoms with E-state index < -0.39 is 0 Å². The highest BCUT2D eigenvalue weighted by Gasteiger charge is 2.04. The number of nitrogens with one attached hydrogen (secondary N) is 1. The van der Waals surface area contributed by atoms with Crippen molar-refractivity contribution in [3.05, 3.63) is 23.9 Å². The summed E-state index contributed by atoms with van der Waals surface area (Å²) in [7, 11) is 1.55. The first-order chi connectivity index (χ1) is 7.27. The highest BCUT2D eigenvalue weighted by atomic mass is 16.5. The van der Waals surface area contributed by atoms with E-state index in [1.807, 2.05) is 6.07 Å². The molecule has 1 rings (SSSR count). The van der Waals surface area contributed by atoms with Crippen molar-refractivity contribution in [1.82, 2.24) is 10.3 Å². The van der Waals surface area contributed by atoms with Gasteiger partial charge in [-0.05, 0) is 6.07 Å². The third kappa shape index (κ3) is 3.55. The van der Waals surface area contributed by atoms with Crippen LogP contribution in [-0.4, -0.2) is 24.5 Å². The second-order valence-electron chi connectivity index (χ2n) is 2.99. The molecule has 0 unspecified atom stereocenters. The molecular weight excluding hydrogens is 194 g/mol. The Balaban J connectivity index is 2.53. The van der Waals surface area contributed by atoms with E-state index >= 15 is 0 Å². The monoisotopic (exact) mass is 209 g/mol. The standard InChI is InChI=1S/C10H15N3O2/c1-15-10-8(3-2-6-12-10)7-13-9(14)4-5-11/h2-3,6H,4-5,7,11H2,1H3,(H,13,14). The van der Waals surface area contributed by atoms with Gasteiger partial charge in [-0.2, -0.15) is 0 Å². The lowest BCUT2D eigenvalue weighted by Crippen LogP contribution is -2.25. The number of ether oxygens (including phenoxy) is 1. The average Bonchev–Trinajstić information content (AvgIpc) is 2.27. The van der Waals surface area contributed by atoms with E-state index in [4.69, 9.17) is 10.5 Å². The maximum Gasteiger partial charge on any atom is 0.221 e. The van der Waals surface area contributed by atoms with Gasteiger partial charge in [0.25, 0.3) is 0 Å². The third-order valence-corrected chi connectivity index (χ3v) is 1.89. The van der Waals surface area contributed by atoms with Gasteiger partial charge in [0, 0.05) is 31.3 Å². The van der Waals surface area contributed by atoms with Gasteiger partial charge in [-0.1, -0.05) is 6.07 Å². The van der Waals surface area contributed by atoms with Gasteiger partial charge in [-0.25, -0.2) is 4.98 Å². The Bertz CT molecular complexity index is 328. The molecule has 0 bridgehead atoms. The molecule has 5 heteroatoms. The van der Waals surface area contributed by atoms with Crippen LogP contribution < -0.4 is 15.8 Å². The normalized spacial score (nSPS) is 9.73. The van der Waals surface area contributed by atoms with Crippen molar-refractivity contribution < 1.29 is 9.53 Å². The molecule has 0 saturated heterocycles. The minimum Gasteiger partial charge on any atom is -0.481 e. The number of methoxy groups -OCH3 is 1. The molecule has 0 atom stereocenters. The van der Waals surface area contributed by atoms with Crippen LogP contribution in [0.1, 0.15) is 12.0 Å². The molecule has 0 saturated carbocycles. The van der Waals surface area contributed by atoms with Gasteiger partial charge in [0.2, 0.25) is 11.8 Å². The molecule has 1 amide bonds. The Morgan fingerprint density at radius 3 is 3.13 bits per heavy atom. The topological polar surface area (TPSA) is 77.2 Å². The largest absolute Gasteiger partial charge is 0.481 e. The highest BCUT2D eigenvalue weighted by molar-refractivity contribution is 5.76. The van der Waals surface area contributed by atoms with Crippen molar-refractivity contribution >= 4 is 5.91 Å². The predicted molar refractivity (Wildman–Crippen MR) is 56.3 cm³/mol. The van der Waals surface area contributed by atoms with E-state index in [1.165, 1.54) is 0 Å². The number of pyridine rings is 1. The van der Waals surface area contributed by atoms with Crippen molar-refractivity contribution in [3.8, 4) is 5.88 Å². The summed E-state index contributed by atoms with van der Waals surface area (Å²) in [4.78, 5) is 15.2. The fourth-order valence-electron chi connectivity index (χ4n) is 1.16. The molecule has 82 valence electrons. The summed E-state index contributed by atoms with van der Waals surface area (Å²) in [6, 6.07) is 3.65. The maximum absolute atomic E-state index is 11.2. The third-order valence-electron chi connectivity index (χ3n) is 1.89. The smallest absolute Gasteiger partial charge is 0.221 e. The Morgan fingerprint density at radius 2 is 2.47 bits per heavy atom. The Morgan fingerprint density at radius 1 is 1.67 bits per heavy atom. The zero-order valence-electron chi connectivity index (χ0n) is 8.69. The molecule has 0 aliphatic carbocycles. The summed E-state index contributed by atoms with van der Waals surface area (Å²) in [5.74, 6) is 0.467. The molecule has 3 N–H and O–H groups in total. The Labute approximate surface area is 88.6 Å². The number of carbonyl (C=O) groups is 1. The summed E-state index contributed by atoms with van der Waals surface area (Å²) < 4.78 is 5.05. The summed E-state index contributed by atoms with van der Waals surface area (Å²) in [6.45, 7) is 0.770. The van der Waals surface area contributed by atoms with E-state index in [9.17, 15) is 4.79 Å². The second-order valence-corrected chi connectivity index (χ2v) is 2.99. The SMILES string of the molecule is COc1ncccc1CNC(=O)CCN. The van der Waals surface area contributed by atoms with Crippen molar-refractivity contribution in [2.24, 2.45) is 5.73 Å². The molecule has 0 aliphatic rings. The predicted octanol–water partition coefficient (Wildman–Crippen LogP) is 0.0552. The summed E-state index contributed by atoms with van der Waals surface area (Å²) in [6.07, 6.45) is 1.98. The quantitative estimate of drug-likeness (QED) is 0.718. The first-order valence-electron chi connectivity index (χ1n) is 4.72. The fourth-order valence-corrected chi connectivity index (χ4v) is 1.16. The molecule has 0 radical (unpaired) electrons. The molecule has 0 aromatic carbocycles. The van der Waals surface area contributed by atoms with Crippen molar-refractivity contribution in [2.45, 2.75) is 13.0 Å². The molecule has 0 fully saturated rings. The number of amides is 1. The van der Waals surface area contributed by atoms with Crippen molar-refractivity contribution in [1.29, 1.82) is 0 Å². The lowest BCUT2D eigenvalue weighted by atomic mass is 10.2. The van der Waals surface area contributed by atoms with Gasteiger partial charge >= 0.3 is 0 Å². The van der Waals surface area contributed by atoms with Crippen molar-refractivity contribution in [2.75, 3.05) is 13.7 Å². The number of rotatable bonds is 5. The zero-order chi connectivity index (χ0) is 11.1. The van der Waals surface area contributed by atoms with Crippen LogP contribution in [0, 0.1) is 0 Å². The van der Waals surface area contributed by atoms with Gasteiger partial charge in [0.15, 0.2) is 0 Å². The van der Waals surface area contributed by atoms with Gasteiger partial charge in [-0.3, -0.25) is 4.79 Å². The van der Waals surface area contributed by atoms with Gasteiger partial charge in [-0.15, -0.1) is 0 Å². The fraction of sp³-hybridized carbons (Fsp3) is 0.400. The van der Waals surface area contributed by atoms with E-state index in [1.54, 1.807) is 19.4 Å². The number of hydrogen-bond donors (Lipinski definition) is 2. The van der Waals surface area contributed by atoms with E-state index in [0.717, 1.165) is 5.56 Å². The van der Waals surface area contributed by atoms with Gasteiger partial charge in [0.05, 0.1) is 7.11 Å². The molecule has 1 aromatic heterocycles. The Hall–Kier alpha value is -1.62. The van der Waals surface area contributed by atoms with Crippen LogP contribution in [0.3, 0.4) is 0 Å². The maximum atomic E-state index is 11.2. The molecule has 0 spiro atoms. The van der Waals surface area contributed by atoms with Crippen molar-refractivity contribution in [3.63, 3.8) is 0 Å². The minimum absolute atomic E-state index is 0.0663. The number of aromatic nitrogens is 1. The molecule has 5 nitrogen and oxygen atoms in total. The summed E-state index contributed by atoms with van der Waals surface area (Å²) in [5.41, 5.74) is 6.11. The van der Waals surface area contributed by atoms with Crippen LogP contribution in [0.4, 0.5) is 0 Å². The van der Waals surface area contributed by atoms with Crippen LogP contribution in [0.25, 0.3) is 0 Å². The molecule has 1 heterocycles. The number of nitrogens with two attached hydrogens (primary N) is 1. The lowest BCUT2D eigenvalue weighted by Gasteiger charge is -2.07. The zero-order valence-corrected chi connectivity index (χ0v) is 8.69. The Kier molecular flexibility index (Phi) is 4.56. The molecule has 0 aliphatic heterocycles. The lowest BCUT2D eigenvalue weighted by molar-refractivity contribution is -0.121. The van der Waals surface area contributed by atoms with Crippen LogP contribution in [-0.2, 0) is 11.3 Å². The van der Waals surface area contributed by atoms with Gasteiger partial charge < -0.3 is 15.8 Å². The number of nitrogens with zero attached hydrogens (tertiary/aromatic N) is 1. The van der Waals surface area contributed by atoms with Crippen LogP contribution in [0.15, 0.2) is 18.3 Å². The second kappa shape index (κ2) is 5.98. The number of carbonyl (C=O) groups excluding carboxylic acids is 1. The van der Waals surface area contributed by atoms with Crippen LogP contribution in [0.5, 0.6) is 5.88 Å². The summed E-state index contributed by atoms with van der Waals surface area (Å²) >= 11 is 0. The number of hydrogen-bond acceptors (Lipinski definition) is 4. The van der Waals surface area contributed by atoms with Crippen LogP contribution in [0.2, 0.25) is 0 Å². The molecule has 15 heavy (non-hydrogen) atoms. The first-order valence-corrected chi connectivity index (χ1v) is 4.72. The molecular formula is C10H15N3O2. The minimum atomic E-state index is -0.0663. The average molecular weight is 209 g/mol. The highest BCUT2D eigenvalue weighted by Crippen LogP contribution is 2.12. The first kappa shape index (κ1) is 11.5. The van der Waals surface area contributed by atoms with Crippen LogP contribution >= 0.6 is 0 Å². The van der Waals surface area contributed by atoms with E-state index in [2.05, 4.69) is 10.3 Å². The summed E-state index contributed by atoms with van der Waals surface area (Å²) in [5, 5.41) is 2.74. The molecule has 1 aromatic rings. The van der Waals surface area contributed by atoms with E-state index in [0.29, 0.717) is 25.4 Å².